The molecule has 0 amide bonds. The van der Waals surface area contributed by atoms with Crippen molar-refractivity contribution in [2.75, 3.05) is 5.75 Å². The lowest BCUT2D eigenvalue weighted by Crippen LogP contribution is -2.11. The zero-order chi connectivity index (χ0) is 14.4. The maximum Gasteiger partial charge on any atom is 0.119 e. The minimum atomic E-state index is -0.366. The van der Waals surface area contributed by atoms with Gasteiger partial charge < -0.3 is 9.84 Å². The van der Waals surface area contributed by atoms with Crippen molar-refractivity contribution in [2.24, 2.45) is 0 Å². The molecule has 1 N–H and O–H groups in total. The highest BCUT2D eigenvalue weighted by Crippen LogP contribution is 2.31. The molecule has 2 rings (SSSR count). The van der Waals surface area contributed by atoms with Crippen LogP contribution in [0.5, 0.6) is 5.75 Å². The fraction of sp³-hybridized carbons (Fsp3) is 0.647. The van der Waals surface area contributed by atoms with Crippen LogP contribution in [-0.4, -0.2) is 22.2 Å². The Hall–Kier alpha value is -0.670. The van der Waals surface area contributed by atoms with E-state index in [-0.39, 0.29) is 12.2 Å². The van der Waals surface area contributed by atoms with Crippen molar-refractivity contribution in [1.29, 1.82) is 0 Å². The Bertz CT molecular complexity index is 382. The van der Waals surface area contributed by atoms with E-state index in [1.807, 2.05) is 49.9 Å². The minimum absolute atomic E-state index is 0.188. The number of hydrogen-bond donors (Lipinski definition) is 1. The highest BCUT2D eigenvalue weighted by molar-refractivity contribution is 7.99. The molecule has 1 aliphatic carbocycles. The van der Waals surface area contributed by atoms with Crippen LogP contribution in [0.4, 0.5) is 0 Å². The second-order valence-corrected chi connectivity index (χ2v) is 7.18. The first kappa shape index (κ1) is 15.7. The van der Waals surface area contributed by atoms with E-state index in [2.05, 4.69) is 0 Å². The molecule has 1 aromatic rings. The predicted octanol–water partition coefficient (Wildman–Crippen LogP) is 4.57. The van der Waals surface area contributed by atoms with Gasteiger partial charge in [0.2, 0.25) is 0 Å². The van der Waals surface area contributed by atoms with E-state index < -0.39 is 0 Å². The summed E-state index contributed by atoms with van der Waals surface area (Å²) in [5.41, 5.74) is 0.990. The standard InChI is InChI=1S/C17H26O2S/c1-13(2)19-15-10-8-14(9-11-15)17(18)12-20-16-6-4-3-5-7-16/h8-11,13,16-18H,3-7,12H2,1-2H3. The molecule has 20 heavy (non-hydrogen) atoms. The van der Waals surface area contributed by atoms with E-state index in [1.165, 1.54) is 32.1 Å². The summed E-state index contributed by atoms with van der Waals surface area (Å²) in [5, 5.41) is 11.0. The van der Waals surface area contributed by atoms with Crippen molar-refractivity contribution in [2.45, 2.75) is 63.4 Å². The molecule has 3 heteroatoms. The van der Waals surface area contributed by atoms with Gasteiger partial charge >= 0.3 is 0 Å². The number of rotatable bonds is 6. The third-order valence-corrected chi connectivity index (χ3v) is 5.13. The fourth-order valence-corrected chi connectivity index (χ4v) is 3.91. The first-order chi connectivity index (χ1) is 9.65. The summed E-state index contributed by atoms with van der Waals surface area (Å²) < 4.78 is 5.62. The molecular formula is C17H26O2S. The molecule has 0 bridgehead atoms. The van der Waals surface area contributed by atoms with Crippen molar-refractivity contribution in [3.8, 4) is 5.75 Å². The molecular weight excluding hydrogens is 268 g/mol. The van der Waals surface area contributed by atoms with Gasteiger partial charge in [-0.2, -0.15) is 11.8 Å². The molecule has 112 valence electrons. The van der Waals surface area contributed by atoms with Crippen LogP contribution in [-0.2, 0) is 0 Å². The van der Waals surface area contributed by atoms with Crippen LogP contribution >= 0.6 is 11.8 Å². The van der Waals surface area contributed by atoms with Gasteiger partial charge in [-0.05, 0) is 44.4 Å². The third-order valence-electron chi connectivity index (χ3n) is 3.68. The van der Waals surface area contributed by atoms with Crippen LogP contribution in [0.2, 0.25) is 0 Å². The molecule has 0 aromatic heterocycles. The van der Waals surface area contributed by atoms with E-state index >= 15 is 0 Å². The summed E-state index contributed by atoms with van der Waals surface area (Å²) in [6.07, 6.45) is 6.56. The Morgan fingerprint density at radius 2 is 1.80 bits per heavy atom. The second kappa shape index (κ2) is 7.94. The molecule has 1 atom stereocenters. The van der Waals surface area contributed by atoms with Gasteiger partial charge in [0.25, 0.3) is 0 Å². The summed E-state index contributed by atoms with van der Waals surface area (Å²) in [5.74, 6) is 1.67. The summed E-state index contributed by atoms with van der Waals surface area (Å²) >= 11 is 1.93. The van der Waals surface area contributed by atoms with Gasteiger partial charge in [-0.1, -0.05) is 31.4 Å². The van der Waals surface area contributed by atoms with Gasteiger partial charge in [-0.15, -0.1) is 0 Å². The lowest BCUT2D eigenvalue weighted by molar-refractivity contribution is 0.203. The molecule has 0 heterocycles. The maximum atomic E-state index is 10.3. The molecule has 1 saturated carbocycles. The van der Waals surface area contributed by atoms with E-state index in [1.54, 1.807) is 0 Å². The lowest BCUT2D eigenvalue weighted by Gasteiger charge is -2.22. The monoisotopic (exact) mass is 294 g/mol. The normalized spacial score (nSPS) is 18.2. The quantitative estimate of drug-likeness (QED) is 0.833. The number of ether oxygens (including phenoxy) is 1. The van der Waals surface area contributed by atoms with Crippen LogP contribution in [0.15, 0.2) is 24.3 Å². The molecule has 0 aliphatic heterocycles. The van der Waals surface area contributed by atoms with Crippen LogP contribution in [0.1, 0.15) is 57.6 Å². The zero-order valence-electron chi connectivity index (χ0n) is 12.5. The van der Waals surface area contributed by atoms with Crippen LogP contribution in [0.3, 0.4) is 0 Å². The number of aliphatic hydroxyl groups is 1. The Morgan fingerprint density at radius 3 is 2.40 bits per heavy atom. The van der Waals surface area contributed by atoms with Crippen LogP contribution in [0, 0.1) is 0 Å². The van der Waals surface area contributed by atoms with Crippen LogP contribution < -0.4 is 4.74 Å². The molecule has 1 fully saturated rings. The van der Waals surface area contributed by atoms with E-state index in [4.69, 9.17) is 4.74 Å². The summed E-state index contributed by atoms with van der Waals surface area (Å²) in [4.78, 5) is 0. The Labute approximate surface area is 126 Å². The lowest BCUT2D eigenvalue weighted by atomic mass is 10.0. The Balaban J connectivity index is 1.80. The first-order valence-electron chi connectivity index (χ1n) is 7.71. The predicted molar refractivity (Wildman–Crippen MR) is 86.5 cm³/mol. The van der Waals surface area contributed by atoms with Gasteiger partial charge in [-0.25, -0.2) is 0 Å². The van der Waals surface area contributed by atoms with Gasteiger partial charge in [0.05, 0.1) is 12.2 Å². The van der Waals surface area contributed by atoms with Gasteiger partial charge in [0.15, 0.2) is 0 Å². The van der Waals surface area contributed by atoms with E-state index in [0.29, 0.717) is 0 Å². The second-order valence-electron chi connectivity index (χ2n) is 5.84. The largest absolute Gasteiger partial charge is 0.491 e. The highest BCUT2D eigenvalue weighted by atomic mass is 32.2. The van der Waals surface area contributed by atoms with Gasteiger partial charge in [-0.3, -0.25) is 0 Å². The average Bonchev–Trinajstić information content (AvgIpc) is 2.46. The number of hydrogen-bond acceptors (Lipinski definition) is 3. The SMILES string of the molecule is CC(C)Oc1ccc(C(O)CSC2CCCCC2)cc1. The molecule has 1 aliphatic rings. The molecule has 0 spiro atoms. The Kier molecular flexibility index (Phi) is 6.24. The van der Waals surface area contributed by atoms with Gasteiger partial charge in [0, 0.05) is 11.0 Å². The minimum Gasteiger partial charge on any atom is -0.491 e. The van der Waals surface area contributed by atoms with Crippen molar-refractivity contribution in [3.05, 3.63) is 29.8 Å². The number of aliphatic hydroxyl groups excluding tert-OH is 1. The van der Waals surface area contributed by atoms with Gasteiger partial charge in [0.1, 0.15) is 5.75 Å². The first-order valence-corrected chi connectivity index (χ1v) is 8.76. The van der Waals surface area contributed by atoms with Crippen molar-refractivity contribution in [1.82, 2.24) is 0 Å². The van der Waals surface area contributed by atoms with E-state index in [9.17, 15) is 5.11 Å². The summed E-state index contributed by atoms with van der Waals surface area (Å²) in [7, 11) is 0. The molecule has 0 radical (unpaired) electrons. The summed E-state index contributed by atoms with van der Waals surface area (Å²) in [6, 6.07) is 7.85. The maximum absolute atomic E-state index is 10.3. The summed E-state index contributed by atoms with van der Waals surface area (Å²) in [6.45, 7) is 4.03. The average molecular weight is 294 g/mol. The smallest absolute Gasteiger partial charge is 0.119 e. The Morgan fingerprint density at radius 1 is 1.15 bits per heavy atom. The topological polar surface area (TPSA) is 29.5 Å². The number of thioether (sulfide) groups is 1. The van der Waals surface area contributed by atoms with Crippen molar-refractivity contribution >= 4 is 11.8 Å². The fourth-order valence-electron chi connectivity index (χ4n) is 2.60. The van der Waals surface area contributed by atoms with Crippen molar-refractivity contribution in [3.63, 3.8) is 0 Å². The highest BCUT2D eigenvalue weighted by Gasteiger charge is 2.16. The molecule has 1 unspecified atom stereocenters. The molecule has 0 saturated heterocycles. The van der Waals surface area contributed by atoms with E-state index in [0.717, 1.165) is 22.3 Å². The van der Waals surface area contributed by atoms with Crippen LogP contribution in [0.25, 0.3) is 0 Å². The molecule has 2 nitrogen and oxygen atoms in total. The third kappa shape index (κ3) is 5.02. The number of benzene rings is 1. The van der Waals surface area contributed by atoms with Crippen molar-refractivity contribution < 1.29 is 9.84 Å². The molecule has 1 aromatic carbocycles. The zero-order valence-corrected chi connectivity index (χ0v) is 13.4.